The summed E-state index contributed by atoms with van der Waals surface area (Å²) in [5, 5.41) is 3.26. The number of nitrogen functional groups attached to an aromatic ring is 1. The average Bonchev–Trinajstić information content (AvgIpc) is 2.27. The van der Waals surface area contributed by atoms with Gasteiger partial charge in [-0.1, -0.05) is 22.0 Å². The topological polar surface area (TPSA) is 50.9 Å². The van der Waals surface area contributed by atoms with Gasteiger partial charge in [-0.15, -0.1) is 0 Å². The lowest BCUT2D eigenvalue weighted by atomic mass is 10.2. The number of anilines is 3. The Balaban J connectivity index is 2.34. The highest BCUT2D eigenvalue weighted by Crippen LogP contribution is 2.26. The van der Waals surface area contributed by atoms with Crippen LogP contribution in [-0.2, 0) is 0 Å². The van der Waals surface area contributed by atoms with Gasteiger partial charge in [-0.2, -0.15) is 0 Å². The molecule has 0 bridgehead atoms. The summed E-state index contributed by atoms with van der Waals surface area (Å²) >= 11 is 3.44. The molecule has 0 saturated carbocycles. The fraction of sp³-hybridized carbons (Fsp3) is 0.0833. The lowest BCUT2D eigenvalue weighted by Gasteiger charge is -2.11. The molecule has 0 aliphatic carbocycles. The quantitative estimate of drug-likeness (QED) is 0.884. The second-order valence-electron chi connectivity index (χ2n) is 3.52. The summed E-state index contributed by atoms with van der Waals surface area (Å²) < 4.78 is 1.03. The molecule has 0 fully saturated rings. The molecule has 4 heteroatoms. The van der Waals surface area contributed by atoms with Crippen LogP contribution in [0, 0.1) is 6.92 Å². The Morgan fingerprint density at radius 1 is 1.25 bits per heavy atom. The lowest BCUT2D eigenvalue weighted by molar-refractivity contribution is 1.32. The van der Waals surface area contributed by atoms with Crippen LogP contribution in [0.15, 0.2) is 41.0 Å². The van der Waals surface area contributed by atoms with Gasteiger partial charge >= 0.3 is 0 Å². The number of aromatic nitrogens is 1. The van der Waals surface area contributed by atoms with Gasteiger partial charge in [0.05, 0.1) is 5.69 Å². The van der Waals surface area contributed by atoms with E-state index in [9.17, 15) is 0 Å². The van der Waals surface area contributed by atoms with Gasteiger partial charge in [0.2, 0.25) is 0 Å². The molecule has 82 valence electrons. The third kappa shape index (κ3) is 2.33. The van der Waals surface area contributed by atoms with Gasteiger partial charge < -0.3 is 11.1 Å². The minimum atomic E-state index is 0.502. The van der Waals surface area contributed by atoms with Crippen molar-refractivity contribution in [2.75, 3.05) is 11.1 Å². The molecule has 3 N–H and O–H groups in total. The number of nitrogens with two attached hydrogens (primary N) is 1. The van der Waals surface area contributed by atoms with E-state index >= 15 is 0 Å². The zero-order chi connectivity index (χ0) is 11.5. The lowest BCUT2D eigenvalue weighted by Crippen LogP contribution is -1.99. The summed E-state index contributed by atoms with van der Waals surface area (Å²) in [5.41, 5.74) is 8.78. The highest BCUT2D eigenvalue weighted by Gasteiger charge is 2.02. The van der Waals surface area contributed by atoms with E-state index in [-0.39, 0.29) is 0 Å². The second-order valence-corrected chi connectivity index (χ2v) is 4.44. The van der Waals surface area contributed by atoms with Gasteiger partial charge in [-0.25, -0.2) is 4.98 Å². The molecule has 0 aliphatic heterocycles. The molecule has 1 aromatic heterocycles. The van der Waals surface area contributed by atoms with Crippen LogP contribution >= 0.6 is 15.9 Å². The molecule has 0 amide bonds. The Labute approximate surface area is 103 Å². The standard InChI is InChI=1S/C12H12BrN3/c1-8-4-5-9(13)7-11(8)16-10-3-2-6-15-12(10)14/h2-7,16H,1H3,(H2,14,15). The van der Waals surface area contributed by atoms with Crippen LogP contribution in [0.2, 0.25) is 0 Å². The first kappa shape index (κ1) is 11.0. The number of nitrogens with zero attached hydrogens (tertiary/aromatic N) is 1. The number of nitrogens with one attached hydrogen (secondary N) is 1. The van der Waals surface area contributed by atoms with Crippen molar-refractivity contribution in [1.82, 2.24) is 4.98 Å². The number of hydrogen-bond acceptors (Lipinski definition) is 3. The van der Waals surface area contributed by atoms with E-state index in [1.54, 1.807) is 6.20 Å². The first-order valence-electron chi connectivity index (χ1n) is 4.90. The average molecular weight is 278 g/mol. The van der Waals surface area contributed by atoms with E-state index in [1.807, 2.05) is 37.3 Å². The van der Waals surface area contributed by atoms with Gasteiger partial charge in [0, 0.05) is 16.4 Å². The van der Waals surface area contributed by atoms with Crippen molar-refractivity contribution in [1.29, 1.82) is 0 Å². The predicted molar refractivity (Wildman–Crippen MR) is 70.8 cm³/mol. The number of benzene rings is 1. The fourth-order valence-corrected chi connectivity index (χ4v) is 1.76. The van der Waals surface area contributed by atoms with Crippen molar-refractivity contribution in [3.8, 4) is 0 Å². The molecule has 1 heterocycles. The number of aryl methyl sites for hydroxylation is 1. The van der Waals surface area contributed by atoms with Crippen molar-refractivity contribution in [3.63, 3.8) is 0 Å². The van der Waals surface area contributed by atoms with E-state index in [0.717, 1.165) is 21.4 Å². The number of pyridine rings is 1. The van der Waals surface area contributed by atoms with Crippen LogP contribution in [-0.4, -0.2) is 4.98 Å². The molecule has 2 rings (SSSR count). The van der Waals surface area contributed by atoms with Gasteiger partial charge in [0.1, 0.15) is 5.82 Å². The molecule has 3 nitrogen and oxygen atoms in total. The summed E-state index contributed by atoms with van der Waals surface area (Å²) in [7, 11) is 0. The first-order chi connectivity index (χ1) is 7.66. The predicted octanol–water partition coefficient (Wildman–Crippen LogP) is 3.48. The molecule has 0 saturated heterocycles. The highest BCUT2D eigenvalue weighted by molar-refractivity contribution is 9.10. The van der Waals surface area contributed by atoms with Gasteiger partial charge in [0.25, 0.3) is 0 Å². The van der Waals surface area contributed by atoms with Crippen molar-refractivity contribution in [3.05, 3.63) is 46.6 Å². The number of halogens is 1. The molecule has 16 heavy (non-hydrogen) atoms. The van der Waals surface area contributed by atoms with Gasteiger partial charge in [0.15, 0.2) is 0 Å². The molecule has 0 unspecified atom stereocenters. The highest BCUT2D eigenvalue weighted by atomic mass is 79.9. The summed E-state index contributed by atoms with van der Waals surface area (Å²) in [4.78, 5) is 4.03. The molecule has 0 radical (unpaired) electrons. The van der Waals surface area contributed by atoms with E-state index in [4.69, 9.17) is 5.73 Å². The summed E-state index contributed by atoms with van der Waals surface area (Å²) in [6, 6.07) is 9.82. The third-order valence-electron chi connectivity index (χ3n) is 2.31. The number of rotatable bonds is 2. The van der Waals surface area contributed by atoms with E-state index in [1.165, 1.54) is 0 Å². The first-order valence-corrected chi connectivity index (χ1v) is 5.70. The Morgan fingerprint density at radius 3 is 2.81 bits per heavy atom. The smallest absolute Gasteiger partial charge is 0.147 e. The van der Waals surface area contributed by atoms with E-state index in [0.29, 0.717) is 5.82 Å². The molecular formula is C12H12BrN3. The summed E-state index contributed by atoms with van der Waals surface area (Å²) in [6.07, 6.45) is 1.67. The Bertz CT molecular complexity index is 511. The van der Waals surface area contributed by atoms with Crippen LogP contribution in [0.1, 0.15) is 5.56 Å². The van der Waals surface area contributed by atoms with Crippen molar-refractivity contribution < 1.29 is 0 Å². The minimum Gasteiger partial charge on any atom is -0.382 e. The monoisotopic (exact) mass is 277 g/mol. The molecular weight excluding hydrogens is 266 g/mol. The van der Waals surface area contributed by atoms with Crippen molar-refractivity contribution in [2.24, 2.45) is 0 Å². The molecule has 1 aromatic carbocycles. The van der Waals surface area contributed by atoms with Crippen LogP contribution in [0.5, 0.6) is 0 Å². The largest absolute Gasteiger partial charge is 0.382 e. The van der Waals surface area contributed by atoms with E-state index in [2.05, 4.69) is 26.2 Å². The summed E-state index contributed by atoms with van der Waals surface area (Å²) in [6.45, 7) is 2.04. The van der Waals surface area contributed by atoms with Crippen molar-refractivity contribution in [2.45, 2.75) is 6.92 Å². The van der Waals surface area contributed by atoms with Crippen LogP contribution in [0.25, 0.3) is 0 Å². The second kappa shape index (κ2) is 4.53. The van der Waals surface area contributed by atoms with Crippen molar-refractivity contribution >= 4 is 33.1 Å². The molecule has 0 atom stereocenters. The summed E-state index contributed by atoms with van der Waals surface area (Å²) in [5.74, 6) is 0.502. The van der Waals surface area contributed by atoms with Crippen LogP contribution in [0.3, 0.4) is 0 Å². The van der Waals surface area contributed by atoms with E-state index < -0.39 is 0 Å². The number of hydrogen-bond donors (Lipinski definition) is 2. The Morgan fingerprint density at radius 2 is 2.06 bits per heavy atom. The minimum absolute atomic E-state index is 0.502. The maximum absolute atomic E-state index is 5.77. The zero-order valence-corrected chi connectivity index (χ0v) is 10.5. The normalized spacial score (nSPS) is 10.1. The van der Waals surface area contributed by atoms with Crippen LogP contribution in [0.4, 0.5) is 17.2 Å². The Hall–Kier alpha value is -1.55. The maximum Gasteiger partial charge on any atom is 0.147 e. The maximum atomic E-state index is 5.77. The molecule has 2 aromatic rings. The zero-order valence-electron chi connectivity index (χ0n) is 8.87. The Kier molecular flexibility index (Phi) is 3.10. The SMILES string of the molecule is Cc1ccc(Br)cc1Nc1cccnc1N. The van der Waals surface area contributed by atoms with Crippen LogP contribution < -0.4 is 11.1 Å². The fourth-order valence-electron chi connectivity index (χ4n) is 1.40. The molecule has 0 aliphatic rings. The van der Waals surface area contributed by atoms with Gasteiger partial charge in [-0.3, -0.25) is 0 Å². The third-order valence-corrected chi connectivity index (χ3v) is 2.80. The van der Waals surface area contributed by atoms with Gasteiger partial charge in [-0.05, 0) is 36.8 Å². The molecule has 0 spiro atoms.